The molecular formula is C23H20N4O2S. The van der Waals surface area contributed by atoms with Crippen LogP contribution in [0.2, 0.25) is 0 Å². The van der Waals surface area contributed by atoms with Crippen LogP contribution in [0.5, 0.6) is 0 Å². The third-order valence-corrected chi connectivity index (χ3v) is 5.49. The highest BCUT2D eigenvalue weighted by molar-refractivity contribution is 7.13. The Kier molecular flexibility index (Phi) is 5.54. The van der Waals surface area contributed by atoms with Crippen LogP contribution in [0.3, 0.4) is 0 Å². The summed E-state index contributed by atoms with van der Waals surface area (Å²) in [6.45, 7) is 3.98. The Hall–Kier alpha value is -3.58. The fourth-order valence-electron chi connectivity index (χ4n) is 3.28. The summed E-state index contributed by atoms with van der Waals surface area (Å²) in [7, 11) is 0. The van der Waals surface area contributed by atoms with Crippen LogP contribution in [-0.4, -0.2) is 25.5 Å². The lowest BCUT2D eigenvalue weighted by Crippen LogP contribution is -2.21. The molecule has 0 aliphatic rings. The summed E-state index contributed by atoms with van der Waals surface area (Å²) in [5.74, 6) is 0.106. The van der Waals surface area contributed by atoms with Crippen LogP contribution in [0.25, 0.3) is 16.6 Å². The molecule has 0 amide bonds. The maximum atomic E-state index is 12.7. The Morgan fingerprint density at radius 2 is 1.97 bits per heavy atom. The van der Waals surface area contributed by atoms with Crippen molar-refractivity contribution in [3.63, 3.8) is 0 Å². The topological polar surface area (TPSA) is 80.6 Å². The van der Waals surface area contributed by atoms with E-state index in [0.29, 0.717) is 18.1 Å². The van der Waals surface area contributed by atoms with Crippen molar-refractivity contribution in [1.29, 1.82) is 0 Å². The van der Waals surface area contributed by atoms with Gasteiger partial charge in [-0.25, -0.2) is 4.98 Å². The summed E-state index contributed by atoms with van der Waals surface area (Å²) in [4.78, 5) is 32.7. The molecule has 150 valence electrons. The van der Waals surface area contributed by atoms with E-state index in [-0.39, 0.29) is 11.3 Å². The fraction of sp³-hybridized carbons (Fsp3) is 0.130. The average molecular weight is 417 g/mol. The molecule has 0 spiro atoms. The predicted molar refractivity (Wildman–Crippen MR) is 119 cm³/mol. The van der Waals surface area contributed by atoms with Crippen LogP contribution >= 0.6 is 11.3 Å². The quantitative estimate of drug-likeness (QED) is 0.376. The van der Waals surface area contributed by atoms with Crippen molar-refractivity contribution in [2.75, 3.05) is 0 Å². The highest BCUT2D eigenvalue weighted by atomic mass is 32.1. The molecule has 0 atom stereocenters. The number of thiophene rings is 1. The number of aryl methyl sites for hydroxylation is 2. The molecule has 1 N–H and O–H groups in total. The second-order valence-electron chi connectivity index (χ2n) is 6.90. The molecule has 0 fully saturated rings. The first-order valence-electron chi connectivity index (χ1n) is 9.46. The van der Waals surface area contributed by atoms with E-state index in [1.165, 1.54) is 6.08 Å². The molecule has 1 aromatic carbocycles. The third kappa shape index (κ3) is 4.21. The van der Waals surface area contributed by atoms with Crippen molar-refractivity contribution in [3.8, 4) is 10.6 Å². The van der Waals surface area contributed by atoms with Gasteiger partial charge >= 0.3 is 0 Å². The zero-order valence-corrected chi connectivity index (χ0v) is 17.4. The van der Waals surface area contributed by atoms with Crippen LogP contribution in [0.4, 0.5) is 0 Å². The summed E-state index contributed by atoms with van der Waals surface area (Å²) in [5.41, 5.74) is 2.81. The Labute approximate surface area is 177 Å². The Morgan fingerprint density at radius 1 is 1.17 bits per heavy atom. The Bertz CT molecular complexity index is 1270. The number of aromatic amines is 1. The average Bonchev–Trinajstić information content (AvgIpc) is 3.36. The number of benzene rings is 1. The van der Waals surface area contributed by atoms with Gasteiger partial charge in [-0.3, -0.25) is 14.3 Å². The predicted octanol–water partition coefficient (Wildman–Crippen LogP) is 4.26. The zero-order valence-electron chi connectivity index (χ0n) is 16.6. The minimum Gasteiger partial charge on any atom is -0.310 e. The molecule has 4 aromatic rings. The van der Waals surface area contributed by atoms with E-state index in [4.69, 9.17) is 5.10 Å². The molecule has 0 radical (unpaired) electrons. The molecule has 0 saturated heterocycles. The first-order chi connectivity index (χ1) is 14.5. The molecule has 3 aromatic heterocycles. The van der Waals surface area contributed by atoms with Gasteiger partial charge in [-0.15, -0.1) is 11.3 Å². The molecule has 4 rings (SSSR count). The number of aromatic nitrogens is 4. The van der Waals surface area contributed by atoms with E-state index in [1.807, 2.05) is 58.7 Å². The van der Waals surface area contributed by atoms with Gasteiger partial charge in [0.15, 0.2) is 5.78 Å². The number of rotatable bonds is 6. The first kappa shape index (κ1) is 19.7. The number of nitrogens with one attached hydrogen (secondary N) is 1. The standard InChI is InChI=1S/C23H20N4O2S/c1-15-21(23(29)25-16(2)24-15)19(28)11-10-18-14-27(13-17-7-4-3-5-8-17)26-22(18)20-9-6-12-30-20/h3-12,14H,13H2,1-2H3,(H,24,25,29). The lowest BCUT2D eigenvalue weighted by Gasteiger charge is -2.01. The van der Waals surface area contributed by atoms with Crippen molar-refractivity contribution in [2.45, 2.75) is 20.4 Å². The largest absolute Gasteiger partial charge is 0.310 e. The number of carbonyl (C=O) groups is 1. The molecule has 0 bridgehead atoms. The monoisotopic (exact) mass is 416 g/mol. The lowest BCUT2D eigenvalue weighted by atomic mass is 10.1. The number of carbonyl (C=O) groups excluding carboxylic acids is 1. The summed E-state index contributed by atoms with van der Waals surface area (Å²) in [6.07, 6.45) is 5.04. The van der Waals surface area contributed by atoms with Gasteiger partial charge in [0.25, 0.3) is 5.56 Å². The molecule has 0 unspecified atom stereocenters. The van der Waals surface area contributed by atoms with Gasteiger partial charge < -0.3 is 4.98 Å². The molecule has 0 aliphatic carbocycles. The van der Waals surface area contributed by atoms with Gasteiger partial charge in [-0.05, 0) is 43.0 Å². The molecule has 7 heteroatoms. The van der Waals surface area contributed by atoms with E-state index >= 15 is 0 Å². The minimum atomic E-state index is -0.423. The molecular weight excluding hydrogens is 396 g/mol. The second-order valence-corrected chi connectivity index (χ2v) is 7.85. The van der Waals surface area contributed by atoms with Gasteiger partial charge in [0, 0.05) is 11.8 Å². The lowest BCUT2D eigenvalue weighted by molar-refractivity contribution is 0.104. The smallest absolute Gasteiger partial charge is 0.262 e. The third-order valence-electron chi connectivity index (χ3n) is 4.61. The maximum absolute atomic E-state index is 12.7. The highest BCUT2D eigenvalue weighted by Crippen LogP contribution is 2.28. The van der Waals surface area contributed by atoms with Gasteiger partial charge in [0.05, 0.1) is 17.1 Å². The van der Waals surface area contributed by atoms with Gasteiger partial charge in [0.2, 0.25) is 0 Å². The molecule has 3 heterocycles. The fourth-order valence-corrected chi connectivity index (χ4v) is 4.01. The molecule has 6 nitrogen and oxygen atoms in total. The van der Waals surface area contributed by atoms with E-state index in [0.717, 1.165) is 21.7 Å². The van der Waals surface area contributed by atoms with Crippen molar-refractivity contribution >= 4 is 23.2 Å². The van der Waals surface area contributed by atoms with Gasteiger partial charge in [0.1, 0.15) is 17.1 Å². The zero-order chi connectivity index (χ0) is 21.1. The van der Waals surface area contributed by atoms with Crippen molar-refractivity contribution < 1.29 is 4.79 Å². The van der Waals surface area contributed by atoms with E-state index < -0.39 is 5.56 Å². The van der Waals surface area contributed by atoms with Crippen LogP contribution in [0.15, 0.2) is 64.9 Å². The molecule has 0 aliphatic heterocycles. The van der Waals surface area contributed by atoms with Crippen LogP contribution < -0.4 is 5.56 Å². The van der Waals surface area contributed by atoms with Crippen molar-refractivity contribution in [2.24, 2.45) is 0 Å². The number of nitrogens with zero attached hydrogens (tertiary/aromatic N) is 3. The number of H-pyrrole nitrogens is 1. The molecule has 0 saturated carbocycles. The normalized spacial score (nSPS) is 11.3. The van der Waals surface area contributed by atoms with Gasteiger partial charge in [-0.1, -0.05) is 36.4 Å². The van der Waals surface area contributed by atoms with E-state index in [1.54, 1.807) is 31.3 Å². The van der Waals surface area contributed by atoms with E-state index in [9.17, 15) is 9.59 Å². The second kappa shape index (κ2) is 8.42. The summed E-state index contributed by atoms with van der Waals surface area (Å²) in [6, 6.07) is 14.0. The van der Waals surface area contributed by atoms with Crippen molar-refractivity contribution in [3.05, 3.63) is 98.7 Å². The summed E-state index contributed by atoms with van der Waals surface area (Å²) in [5, 5.41) is 6.72. The maximum Gasteiger partial charge on any atom is 0.262 e. The van der Waals surface area contributed by atoms with Crippen molar-refractivity contribution in [1.82, 2.24) is 19.7 Å². The van der Waals surface area contributed by atoms with E-state index in [2.05, 4.69) is 9.97 Å². The number of hydrogen-bond acceptors (Lipinski definition) is 5. The summed E-state index contributed by atoms with van der Waals surface area (Å²) < 4.78 is 1.86. The summed E-state index contributed by atoms with van der Waals surface area (Å²) >= 11 is 1.59. The van der Waals surface area contributed by atoms with Crippen LogP contribution in [0.1, 0.15) is 33.0 Å². The minimum absolute atomic E-state index is 0.0613. The number of hydrogen-bond donors (Lipinski definition) is 1. The Balaban J connectivity index is 1.67. The van der Waals surface area contributed by atoms with Crippen LogP contribution in [-0.2, 0) is 6.54 Å². The number of ketones is 1. The SMILES string of the molecule is Cc1nc(C)c(C(=O)C=Cc2cn(Cc3ccccc3)nc2-c2cccs2)c(=O)[nH]1. The highest BCUT2D eigenvalue weighted by Gasteiger charge is 2.15. The van der Waals surface area contributed by atoms with Gasteiger partial charge in [-0.2, -0.15) is 5.10 Å². The van der Waals surface area contributed by atoms with Crippen LogP contribution in [0, 0.1) is 13.8 Å². The Morgan fingerprint density at radius 3 is 2.67 bits per heavy atom. The number of allylic oxidation sites excluding steroid dienone is 1. The molecule has 30 heavy (non-hydrogen) atoms. The first-order valence-corrected chi connectivity index (χ1v) is 10.3.